The van der Waals surface area contributed by atoms with E-state index in [4.69, 9.17) is 9.47 Å². The van der Waals surface area contributed by atoms with Crippen molar-refractivity contribution in [3.05, 3.63) is 53.9 Å². The molecule has 0 aliphatic carbocycles. The minimum Gasteiger partial charge on any atom is -0.493 e. The first kappa shape index (κ1) is 20.3. The van der Waals surface area contributed by atoms with Crippen molar-refractivity contribution in [2.45, 2.75) is 45.1 Å². The number of unbranched alkanes of at least 4 members (excludes halogenated alkanes) is 1. The van der Waals surface area contributed by atoms with Gasteiger partial charge in [0, 0.05) is 24.0 Å². The number of rotatable bonds is 9. The Kier molecular flexibility index (Phi) is 7.43. The van der Waals surface area contributed by atoms with Crippen molar-refractivity contribution < 1.29 is 14.3 Å². The zero-order chi connectivity index (χ0) is 19.8. The lowest BCUT2D eigenvalue weighted by molar-refractivity contribution is 0.101. The number of nitrogens with zero attached hydrogens (tertiary/aromatic N) is 2. The van der Waals surface area contributed by atoms with Crippen LogP contribution in [0, 0.1) is 0 Å². The summed E-state index contributed by atoms with van der Waals surface area (Å²) >= 11 is 0. The van der Waals surface area contributed by atoms with E-state index in [0.717, 1.165) is 25.9 Å². The second-order valence-corrected chi connectivity index (χ2v) is 7.31. The Balaban J connectivity index is 1.47. The van der Waals surface area contributed by atoms with Crippen LogP contribution in [0.1, 0.15) is 61.0 Å². The summed E-state index contributed by atoms with van der Waals surface area (Å²) in [4.78, 5) is 18.4. The lowest BCUT2D eigenvalue weighted by atomic mass is 9.96. The van der Waals surface area contributed by atoms with Gasteiger partial charge in [-0.3, -0.25) is 14.7 Å². The molecule has 0 unspecified atom stereocenters. The Labute approximate surface area is 167 Å². The lowest BCUT2D eigenvalue weighted by Crippen LogP contribution is -2.34. The molecule has 1 aromatic heterocycles. The third-order valence-electron chi connectivity index (χ3n) is 5.35. The van der Waals surface area contributed by atoms with Crippen molar-refractivity contribution >= 4 is 5.78 Å². The highest BCUT2D eigenvalue weighted by Gasteiger charge is 2.23. The molecule has 1 aliphatic heterocycles. The fourth-order valence-electron chi connectivity index (χ4n) is 3.81. The maximum atomic E-state index is 11.5. The summed E-state index contributed by atoms with van der Waals surface area (Å²) in [5.41, 5.74) is 1.96. The molecule has 1 aromatic carbocycles. The van der Waals surface area contributed by atoms with E-state index in [-0.39, 0.29) is 5.78 Å². The summed E-state index contributed by atoms with van der Waals surface area (Å²) in [5, 5.41) is 0. The van der Waals surface area contributed by atoms with E-state index in [9.17, 15) is 4.79 Å². The highest BCUT2D eigenvalue weighted by molar-refractivity contribution is 5.94. The predicted molar refractivity (Wildman–Crippen MR) is 110 cm³/mol. The molecule has 2 heterocycles. The molecule has 28 heavy (non-hydrogen) atoms. The number of ketones is 1. The highest BCUT2D eigenvalue weighted by Crippen LogP contribution is 2.31. The molecule has 0 saturated carbocycles. The maximum absolute atomic E-state index is 11.5. The van der Waals surface area contributed by atoms with Crippen molar-refractivity contribution in [3.8, 4) is 11.5 Å². The van der Waals surface area contributed by atoms with Gasteiger partial charge in [0.25, 0.3) is 0 Å². The molecule has 5 nitrogen and oxygen atoms in total. The van der Waals surface area contributed by atoms with Gasteiger partial charge in [-0.05, 0) is 75.5 Å². The number of carbonyl (C=O) groups excluding carboxylic acids is 1. The van der Waals surface area contributed by atoms with Crippen LogP contribution in [-0.2, 0) is 0 Å². The molecule has 2 aromatic rings. The third kappa shape index (κ3) is 5.32. The number of likely N-dealkylation sites (tertiary alicyclic amines) is 1. The molecule has 5 heteroatoms. The molecule has 0 bridgehead atoms. The first-order chi connectivity index (χ1) is 13.7. The summed E-state index contributed by atoms with van der Waals surface area (Å²) in [6.07, 6.45) is 9.68. The van der Waals surface area contributed by atoms with Gasteiger partial charge in [0.15, 0.2) is 17.3 Å². The topological polar surface area (TPSA) is 51.7 Å². The Morgan fingerprint density at radius 2 is 2.11 bits per heavy atom. The Morgan fingerprint density at radius 3 is 2.86 bits per heavy atom. The molecular formula is C23H30N2O3. The number of hydrogen-bond acceptors (Lipinski definition) is 5. The zero-order valence-electron chi connectivity index (χ0n) is 16.9. The van der Waals surface area contributed by atoms with Gasteiger partial charge in [0.2, 0.25) is 0 Å². The number of methoxy groups -OCH3 is 1. The number of ether oxygens (including phenoxy) is 2. The van der Waals surface area contributed by atoms with Gasteiger partial charge in [-0.15, -0.1) is 0 Å². The average molecular weight is 383 g/mol. The van der Waals surface area contributed by atoms with E-state index in [0.29, 0.717) is 29.7 Å². The molecular weight excluding hydrogens is 352 g/mol. The van der Waals surface area contributed by atoms with Gasteiger partial charge in [0.1, 0.15) is 0 Å². The SMILES string of the molecule is COc1cc(C(C)=O)ccc1OCCCCN1CCCC[C@@H]1c1cccnc1. The van der Waals surface area contributed by atoms with E-state index >= 15 is 0 Å². The lowest BCUT2D eigenvalue weighted by Gasteiger charge is -2.35. The van der Waals surface area contributed by atoms with Gasteiger partial charge < -0.3 is 9.47 Å². The molecule has 0 N–H and O–H groups in total. The number of hydrogen-bond donors (Lipinski definition) is 0. The first-order valence-electron chi connectivity index (χ1n) is 10.1. The van der Waals surface area contributed by atoms with Crippen LogP contribution < -0.4 is 9.47 Å². The normalized spacial score (nSPS) is 17.3. The molecule has 1 fully saturated rings. The van der Waals surface area contributed by atoms with E-state index in [1.165, 1.54) is 24.8 Å². The summed E-state index contributed by atoms with van der Waals surface area (Å²) in [6, 6.07) is 10.0. The van der Waals surface area contributed by atoms with Gasteiger partial charge in [-0.2, -0.15) is 0 Å². The number of pyridine rings is 1. The van der Waals surface area contributed by atoms with Crippen LogP contribution in [-0.4, -0.2) is 42.5 Å². The average Bonchev–Trinajstić information content (AvgIpc) is 2.74. The zero-order valence-corrected chi connectivity index (χ0v) is 16.9. The molecule has 150 valence electrons. The molecule has 0 amide bonds. The monoisotopic (exact) mass is 382 g/mol. The number of carbonyl (C=O) groups is 1. The van der Waals surface area contributed by atoms with E-state index in [2.05, 4.69) is 16.0 Å². The number of benzene rings is 1. The molecule has 1 atom stereocenters. The number of aromatic nitrogens is 1. The van der Waals surface area contributed by atoms with Crippen molar-refractivity contribution in [1.29, 1.82) is 0 Å². The Bertz CT molecular complexity index is 764. The van der Waals surface area contributed by atoms with Crippen LogP contribution in [0.25, 0.3) is 0 Å². The van der Waals surface area contributed by atoms with Gasteiger partial charge in [-0.1, -0.05) is 12.5 Å². The van der Waals surface area contributed by atoms with Crippen LogP contribution in [0.3, 0.4) is 0 Å². The summed E-state index contributed by atoms with van der Waals surface area (Å²) < 4.78 is 11.3. The smallest absolute Gasteiger partial charge is 0.161 e. The van der Waals surface area contributed by atoms with Gasteiger partial charge in [0.05, 0.1) is 13.7 Å². The molecule has 0 spiro atoms. The summed E-state index contributed by atoms with van der Waals surface area (Å²) in [6.45, 7) is 4.42. The Morgan fingerprint density at radius 1 is 1.21 bits per heavy atom. The largest absolute Gasteiger partial charge is 0.493 e. The second-order valence-electron chi connectivity index (χ2n) is 7.31. The number of Topliss-reactive ketones (excluding diaryl/α,β-unsaturated/α-hetero) is 1. The molecule has 1 saturated heterocycles. The third-order valence-corrected chi connectivity index (χ3v) is 5.35. The number of piperidine rings is 1. The molecule has 0 radical (unpaired) electrons. The van der Waals surface area contributed by atoms with Crippen LogP contribution in [0.4, 0.5) is 0 Å². The summed E-state index contributed by atoms with van der Waals surface area (Å²) in [5.74, 6) is 1.33. The first-order valence-corrected chi connectivity index (χ1v) is 10.1. The van der Waals surface area contributed by atoms with Crippen molar-refractivity contribution in [2.75, 3.05) is 26.8 Å². The van der Waals surface area contributed by atoms with Gasteiger partial charge in [-0.25, -0.2) is 0 Å². The maximum Gasteiger partial charge on any atom is 0.161 e. The Hall–Kier alpha value is -2.40. The van der Waals surface area contributed by atoms with Crippen molar-refractivity contribution in [2.24, 2.45) is 0 Å². The van der Waals surface area contributed by atoms with Crippen LogP contribution in [0.5, 0.6) is 11.5 Å². The van der Waals surface area contributed by atoms with Crippen molar-refractivity contribution in [1.82, 2.24) is 9.88 Å². The minimum absolute atomic E-state index is 0.0227. The van der Waals surface area contributed by atoms with Crippen LogP contribution in [0.2, 0.25) is 0 Å². The van der Waals surface area contributed by atoms with Gasteiger partial charge >= 0.3 is 0 Å². The van der Waals surface area contributed by atoms with Crippen LogP contribution in [0.15, 0.2) is 42.7 Å². The molecule has 1 aliphatic rings. The van der Waals surface area contributed by atoms with Crippen LogP contribution >= 0.6 is 0 Å². The predicted octanol–water partition coefficient (Wildman–Crippen LogP) is 4.68. The minimum atomic E-state index is 0.0227. The quantitative estimate of drug-likeness (QED) is 0.466. The fraction of sp³-hybridized carbons (Fsp3) is 0.478. The summed E-state index contributed by atoms with van der Waals surface area (Å²) in [7, 11) is 1.60. The van der Waals surface area contributed by atoms with Crippen molar-refractivity contribution in [3.63, 3.8) is 0 Å². The fourth-order valence-corrected chi connectivity index (χ4v) is 3.81. The van der Waals surface area contributed by atoms with E-state index in [1.807, 2.05) is 24.5 Å². The molecule has 3 rings (SSSR count). The highest BCUT2D eigenvalue weighted by atomic mass is 16.5. The van der Waals surface area contributed by atoms with E-state index < -0.39 is 0 Å². The standard InChI is InChI=1S/C23H30N2O3/c1-18(26)19-10-11-22(23(16-19)27-2)28-15-6-5-14-25-13-4-3-9-21(25)20-8-7-12-24-17-20/h7-8,10-12,16-17,21H,3-6,9,13-15H2,1-2H3/t21-/m1/s1. The van der Waals surface area contributed by atoms with E-state index in [1.54, 1.807) is 26.2 Å². The second kappa shape index (κ2) is 10.2.